The lowest BCUT2D eigenvalue weighted by Crippen LogP contribution is -2.45. The van der Waals surface area contributed by atoms with Gasteiger partial charge in [0.1, 0.15) is 0 Å². The van der Waals surface area contributed by atoms with Crippen LogP contribution in [0.25, 0.3) is 0 Å². The van der Waals surface area contributed by atoms with Crippen molar-refractivity contribution in [3.05, 3.63) is 48.0 Å². The van der Waals surface area contributed by atoms with E-state index < -0.39 is 0 Å². The molecule has 0 saturated carbocycles. The van der Waals surface area contributed by atoms with E-state index in [0.29, 0.717) is 17.9 Å². The van der Waals surface area contributed by atoms with Crippen molar-refractivity contribution >= 4 is 0 Å². The number of hydrogen-bond acceptors (Lipinski definition) is 2. The molecule has 2 aliphatic rings. The number of nitrogens with zero attached hydrogens (tertiary/aromatic N) is 1. The SMILES string of the molecule is CN1[C@H]2CC[C@@H]1[C@@H](/C=C/CO)[C@@H](c1ccccc1)C2. The van der Waals surface area contributed by atoms with E-state index in [2.05, 4.69) is 48.4 Å². The van der Waals surface area contributed by atoms with Gasteiger partial charge in [-0.05, 0) is 43.7 Å². The Morgan fingerprint density at radius 2 is 2.05 bits per heavy atom. The Hall–Kier alpha value is -1.12. The summed E-state index contributed by atoms with van der Waals surface area (Å²) < 4.78 is 0. The highest BCUT2D eigenvalue weighted by atomic mass is 16.2. The first-order valence-electron chi connectivity index (χ1n) is 7.35. The molecule has 1 aromatic carbocycles. The fraction of sp³-hybridized carbons (Fsp3) is 0.529. The Kier molecular flexibility index (Phi) is 3.72. The average Bonchev–Trinajstić information content (AvgIpc) is 2.70. The number of benzene rings is 1. The smallest absolute Gasteiger partial charge is 0.0612 e. The Balaban J connectivity index is 1.91. The maximum Gasteiger partial charge on any atom is 0.0612 e. The van der Waals surface area contributed by atoms with Gasteiger partial charge in [-0.1, -0.05) is 42.5 Å². The molecule has 2 fully saturated rings. The third-order valence-corrected chi connectivity index (χ3v) is 5.02. The van der Waals surface area contributed by atoms with Crippen molar-refractivity contribution in [3.8, 4) is 0 Å². The molecule has 19 heavy (non-hydrogen) atoms. The van der Waals surface area contributed by atoms with Gasteiger partial charge in [0, 0.05) is 12.1 Å². The fourth-order valence-corrected chi connectivity index (χ4v) is 4.05. The molecule has 0 amide bonds. The minimum atomic E-state index is 0.151. The van der Waals surface area contributed by atoms with Crippen LogP contribution in [0, 0.1) is 5.92 Å². The van der Waals surface area contributed by atoms with Gasteiger partial charge in [-0.2, -0.15) is 0 Å². The van der Waals surface area contributed by atoms with E-state index in [1.807, 2.05) is 6.08 Å². The Bertz CT molecular complexity index is 442. The topological polar surface area (TPSA) is 23.5 Å². The lowest BCUT2D eigenvalue weighted by atomic mass is 9.76. The van der Waals surface area contributed by atoms with Gasteiger partial charge in [0.25, 0.3) is 0 Å². The highest BCUT2D eigenvalue weighted by Gasteiger charge is 2.44. The second-order valence-corrected chi connectivity index (χ2v) is 5.90. The maximum atomic E-state index is 9.09. The summed E-state index contributed by atoms with van der Waals surface area (Å²) in [5.41, 5.74) is 1.46. The summed E-state index contributed by atoms with van der Waals surface area (Å²) in [5, 5.41) is 9.09. The van der Waals surface area contributed by atoms with Gasteiger partial charge in [-0.3, -0.25) is 4.90 Å². The van der Waals surface area contributed by atoms with Crippen LogP contribution in [0.3, 0.4) is 0 Å². The molecule has 2 aliphatic heterocycles. The van der Waals surface area contributed by atoms with E-state index >= 15 is 0 Å². The molecule has 2 nitrogen and oxygen atoms in total. The summed E-state index contributed by atoms with van der Waals surface area (Å²) in [7, 11) is 2.27. The number of rotatable bonds is 3. The van der Waals surface area contributed by atoms with E-state index in [0.717, 1.165) is 6.04 Å². The number of aliphatic hydroxyl groups is 1. The first-order chi connectivity index (χ1) is 9.31. The highest BCUT2D eigenvalue weighted by molar-refractivity contribution is 5.25. The van der Waals surface area contributed by atoms with Gasteiger partial charge in [-0.25, -0.2) is 0 Å². The molecule has 1 N–H and O–H groups in total. The summed E-state index contributed by atoms with van der Waals surface area (Å²) in [6, 6.07) is 12.3. The quantitative estimate of drug-likeness (QED) is 0.842. The molecule has 2 saturated heterocycles. The highest BCUT2D eigenvalue weighted by Crippen LogP contribution is 2.46. The van der Waals surface area contributed by atoms with E-state index in [1.54, 1.807) is 0 Å². The van der Waals surface area contributed by atoms with Crippen LogP contribution in [-0.4, -0.2) is 35.7 Å². The van der Waals surface area contributed by atoms with Gasteiger partial charge in [0.05, 0.1) is 6.61 Å². The van der Waals surface area contributed by atoms with Gasteiger partial charge in [-0.15, -0.1) is 0 Å². The molecule has 4 atom stereocenters. The standard InChI is InChI=1S/C17H23NO/c1-18-14-9-10-17(18)15(8-5-11-19)16(12-14)13-6-3-2-4-7-13/h2-8,14-17,19H,9-12H2,1H3/b8-5+/t14-,15-,16+,17+/m0/s1. The molecule has 0 unspecified atom stereocenters. The molecule has 1 aromatic rings. The molecular formula is C17H23NO. The molecule has 0 spiro atoms. The predicted octanol–water partition coefficient (Wildman–Crippen LogP) is 2.80. The first kappa shape index (κ1) is 12.9. The van der Waals surface area contributed by atoms with Crippen molar-refractivity contribution in [1.29, 1.82) is 0 Å². The van der Waals surface area contributed by atoms with Crippen molar-refractivity contribution < 1.29 is 5.11 Å². The molecule has 0 aliphatic carbocycles. The lowest BCUT2D eigenvalue weighted by molar-refractivity contribution is 0.123. The fourth-order valence-electron chi connectivity index (χ4n) is 4.05. The molecule has 3 rings (SSSR count). The van der Waals surface area contributed by atoms with Crippen molar-refractivity contribution in [2.75, 3.05) is 13.7 Å². The third-order valence-electron chi connectivity index (χ3n) is 5.02. The molecule has 0 aromatic heterocycles. The van der Waals surface area contributed by atoms with Crippen LogP contribution in [0.1, 0.15) is 30.7 Å². The van der Waals surface area contributed by atoms with Crippen LogP contribution in [-0.2, 0) is 0 Å². The molecule has 2 heteroatoms. The zero-order chi connectivity index (χ0) is 13.2. The van der Waals surface area contributed by atoms with Crippen LogP contribution in [0.4, 0.5) is 0 Å². The molecule has 102 valence electrons. The average molecular weight is 257 g/mol. The largest absolute Gasteiger partial charge is 0.392 e. The zero-order valence-corrected chi connectivity index (χ0v) is 11.6. The Morgan fingerprint density at radius 3 is 2.79 bits per heavy atom. The van der Waals surface area contributed by atoms with Gasteiger partial charge >= 0.3 is 0 Å². The summed E-state index contributed by atoms with van der Waals surface area (Å²) in [6.07, 6.45) is 8.05. The summed E-state index contributed by atoms with van der Waals surface area (Å²) in [5.74, 6) is 1.15. The van der Waals surface area contributed by atoms with Gasteiger partial charge in [0.15, 0.2) is 0 Å². The van der Waals surface area contributed by atoms with Gasteiger partial charge in [0.2, 0.25) is 0 Å². The third kappa shape index (κ3) is 2.35. The monoisotopic (exact) mass is 257 g/mol. The first-order valence-corrected chi connectivity index (χ1v) is 7.35. The Morgan fingerprint density at radius 1 is 1.26 bits per heavy atom. The van der Waals surface area contributed by atoms with Crippen molar-refractivity contribution in [2.24, 2.45) is 5.92 Å². The summed E-state index contributed by atoms with van der Waals surface area (Å²) in [6.45, 7) is 0.151. The summed E-state index contributed by atoms with van der Waals surface area (Å²) in [4.78, 5) is 2.56. The number of aliphatic hydroxyl groups excluding tert-OH is 1. The predicted molar refractivity (Wildman–Crippen MR) is 78.1 cm³/mol. The molecule has 0 radical (unpaired) electrons. The zero-order valence-electron chi connectivity index (χ0n) is 11.6. The maximum absolute atomic E-state index is 9.09. The second-order valence-electron chi connectivity index (χ2n) is 5.90. The van der Waals surface area contributed by atoms with Crippen molar-refractivity contribution in [1.82, 2.24) is 4.90 Å². The van der Waals surface area contributed by atoms with Crippen LogP contribution in [0.15, 0.2) is 42.5 Å². The van der Waals surface area contributed by atoms with Crippen molar-refractivity contribution in [2.45, 2.75) is 37.3 Å². The number of hydrogen-bond donors (Lipinski definition) is 1. The van der Waals surface area contributed by atoms with E-state index in [1.165, 1.54) is 24.8 Å². The van der Waals surface area contributed by atoms with Crippen molar-refractivity contribution in [3.63, 3.8) is 0 Å². The van der Waals surface area contributed by atoms with E-state index in [4.69, 9.17) is 5.11 Å². The van der Waals surface area contributed by atoms with Gasteiger partial charge < -0.3 is 5.11 Å². The van der Waals surface area contributed by atoms with E-state index in [-0.39, 0.29) is 6.61 Å². The minimum absolute atomic E-state index is 0.151. The number of piperidine rings is 1. The second kappa shape index (κ2) is 5.48. The summed E-state index contributed by atoms with van der Waals surface area (Å²) >= 11 is 0. The van der Waals surface area contributed by atoms with Crippen LogP contribution >= 0.6 is 0 Å². The lowest BCUT2D eigenvalue weighted by Gasteiger charge is -2.42. The van der Waals surface area contributed by atoms with Crippen LogP contribution < -0.4 is 0 Å². The molecule has 2 bridgehead atoms. The number of fused-ring (bicyclic) bond motifs is 2. The van der Waals surface area contributed by atoms with E-state index in [9.17, 15) is 0 Å². The molecular weight excluding hydrogens is 234 g/mol. The minimum Gasteiger partial charge on any atom is -0.392 e. The van der Waals surface area contributed by atoms with Crippen LogP contribution in [0.2, 0.25) is 0 Å². The Labute approximate surface area is 115 Å². The molecule has 2 heterocycles. The normalized spacial score (nSPS) is 35.1. The van der Waals surface area contributed by atoms with Crippen LogP contribution in [0.5, 0.6) is 0 Å².